The highest BCUT2D eigenvalue weighted by molar-refractivity contribution is 8.12. The van der Waals surface area contributed by atoms with E-state index in [1.807, 2.05) is 13.2 Å². The first-order chi connectivity index (χ1) is 11.0. The highest BCUT2D eigenvalue weighted by Gasteiger charge is 2.34. The number of esters is 1. The van der Waals surface area contributed by atoms with Gasteiger partial charge in [-0.1, -0.05) is 6.07 Å². The van der Waals surface area contributed by atoms with E-state index in [1.165, 1.54) is 18.9 Å². The number of hydrogen-bond donors (Lipinski definition) is 3. The topological polar surface area (TPSA) is 81.8 Å². The van der Waals surface area contributed by atoms with Crippen molar-refractivity contribution >= 4 is 22.9 Å². The predicted molar refractivity (Wildman–Crippen MR) is 89.4 cm³/mol. The van der Waals surface area contributed by atoms with E-state index < -0.39 is 0 Å². The molecular weight excluding hydrogens is 443 g/mol. The maximum atomic E-state index is 12.4. The van der Waals surface area contributed by atoms with Gasteiger partial charge in [-0.25, -0.2) is 10.1 Å². The first-order valence-corrected chi connectivity index (χ1v) is 8.43. The Kier molecular flexibility index (Phi) is 7.88. The summed E-state index contributed by atoms with van der Waals surface area (Å²) in [6.07, 6.45) is 1.94. The number of thioether (sulfide) groups is 1. The highest BCUT2D eigenvalue weighted by Crippen LogP contribution is 2.31. The van der Waals surface area contributed by atoms with Gasteiger partial charge in [-0.3, -0.25) is 4.99 Å². The number of phenolic OH excluding ortho intramolecular Hbond substituents is 1. The number of hydrogen-bond acceptors (Lipinski definition) is 6. The first-order valence-electron chi connectivity index (χ1n) is 7.21. The van der Waals surface area contributed by atoms with Gasteiger partial charge < -0.3 is 38.6 Å². The molecule has 1 heterocycles. The van der Waals surface area contributed by atoms with Gasteiger partial charge in [0.1, 0.15) is 11.3 Å². The summed E-state index contributed by atoms with van der Waals surface area (Å²) in [5.74, 6) is 0.0363. The minimum Gasteiger partial charge on any atom is -1.00 e. The van der Waals surface area contributed by atoms with Crippen LogP contribution < -0.4 is 39.0 Å². The van der Waals surface area contributed by atoms with E-state index in [-0.39, 0.29) is 41.7 Å². The fourth-order valence-electron chi connectivity index (χ4n) is 2.41. The number of rotatable bonds is 4. The number of benzene rings is 1. The number of phenols is 1. The van der Waals surface area contributed by atoms with E-state index in [0.717, 1.165) is 16.4 Å². The SMILES string of the molecule is CCOC(=O)C1=C(C)NC(SC)=[NH+]C1c1ccc(O)c(OC)c1.[I-]. The van der Waals surface area contributed by atoms with Crippen LogP contribution in [0, 0.1) is 0 Å². The number of carbonyl (C=O) groups excluding carboxylic acids is 1. The summed E-state index contributed by atoms with van der Waals surface area (Å²) >= 11 is 1.52. The van der Waals surface area contributed by atoms with Crippen LogP contribution in [0.5, 0.6) is 11.5 Å². The van der Waals surface area contributed by atoms with Crippen LogP contribution in [0.3, 0.4) is 0 Å². The molecule has 0 aromatic heterocycles. The second-order valence-corrected chi connectivity index (χ2v) is 5.74. The van der Waals surface area contributed by atoms with Gasteiger partial charge in [0.25, 0.3) is 0 Å². The van der Waals surface area contributed by atoms with Crippen molar-refractivity contribution in [3.8, 4) is 11.5 Å². The largest absolute Gasteiger partial charge is 1.00 e. The summed E-state index contributed by atoms with van der Waals surface area (Å²) in [7, 11) is 1.49. The number of halogens is 1. The van der Waals surface area contributed by atoms with Crippen LogP contribution in [0.15, 0.2) is 29.5 Å². The molecule has 1 aliphatic heterocycles. The molecule has 24 heavy (non-hydrogen) atoms. The molecule has 8 heteroatoms. The number of methoxy groups -OCH3 is 1. The zero-order chi connectivity index (χ0) is 17.0. The summed E-state index contributed by atoms with van der Waals surface area (Å²) in [6, 6.07) is 4.63. The molecule has 0 bridgehead atoms. The molecule has 1 unspecified atom stereocenters. The molecule has 3 N–H and O–H groups in total. The maximum absolute atomic E-state index is 12.4. The summed E-state index contributed by atoms with van der Waals surface area (Å²) in [5.41, 5.74) is 2.05. The Morgan fingerprint density at radius 1 is 1.46 bits per heavy atom. The molecular formula is C16H21IN2O4S. The Labute approximate surface area is 162 Å². The van der Waals surface area contributed by atoms with Crippen molar-refractivity contribution in [2.75, 3.05) is 20.0 Å². The standard InChI is InChI=1S/C16H20N2O4S.HI/c1-5-22-15(20)13-9(2)17-16(23-4)18-14(13)10-6-7-11(19)12(8-10)21-3;/h6-8,14,19H,5H2,1-4H3,(H,17,18);1H. The quantitative estimate of drug-likeness (QED) is 0.343. The molecule has 0 fully saturated rings. The number of amidine groups is 1. The van der Waals surface area contributed by atoms with Crippen LogP contribution in [-0.4, -0.2) is 36.2 Å². The van der Waals surface area contributed by atoms with Crippen molar-refractivity contribution in [1.82, 2.24) is 5.32 Å². The first kappa shape index (κ1) is 20.6. The van der Waals surface area contributed by atoms with Crippen LogP contribution in [-0.2, 0) is 9.53 Å². The van der Waals surface area contributed by atoms with Crippen molar-refractivity contribution in [2.24, 2.45) is 0 Å². The average Bonchev–Trinajstić information content (AvgIpc) is 2.54. The van der Waals surface area contributed by atoms with E-state index >= 15 is 0 Å². The summed E-state index contributed by atoms with van der Waals surface area (Å²) < 4.78 is 10.3. The number of aromatic hydroxyl groups is 1. The van der Waals surface area contributed by atoms with Gasteiger partial charge in [0.05, 0.1) is 13.7 Å². The van der Waals surface area contributed by atoms with Crippen molar-refractivity contribution in [2.45, 2.75) is 19.9 Å². The fraction of sp³-hybridized carbons (Fsp3) is 0.375. The lowest BCUT2D eigenvalue weighted by Crippen LogP contribution is -3.00. The minimum atomic E-state index is -0.382. The Hall–Kier alpha value is -1.42. The van der Waals surface area contributed by atoms with E-state index in [1.54, 1.807) is 25.1 Å². The van der Waals surface area contributed by atoms with Crippen molar-refractivity contribution < 1.29 is 48.3 Å². The van der Waals surface area contributed by atoms with Gasteiger partial charge in [0.15, 0.2) is 17.5 Å². The van der Waals surface area contributed by atoms with Crippen molar-refractivity contribution in [3.05, 3.63) is 35.0 Å². The van der Waals surface area contributed by atoms with E-state index in [0.29, 0.717) is 17.9 Å². The fourth-order valence-corrected chi connectivity index (χ4v) is 2.90. The molecule has 0 aliphatic carbocycles. The molecule has 1 aromatic rings. The molecule has 0 spiro atoms. The summed E-state index contributed by atoms with van der Waals surface area (Å²) in [5, 5.41) is 13.8. The Morgan fingerprint density at radius 2 is 2.17 bits per heavy atom. The molecule has 132 valence electrons. The zero-order valence-electron chi connectivity index (χ0n) is 14.0. The number of nitrogens with one attached hydrogen (secondary N) is 2. The highest BCUT2D eigenvalue weighted by atomic mass is 127. The Morgan fingerprint density at radius 3 is 2.75 bits per heavy atom. The number of allylic oxidation sites excluding steroid dienone is 1. The third-order valence-electron chi connectivity index (χ3n) is 3.51. The maximum Gasteiger partial charge on any atom is 0.342 e. The summed E-state index contributed by atoms with van der Waals surface area (Å²) in [4.78, 5) is 15.6. The third-order valence-corrected chi connectivity index (χ3v) is 4.13. The molecule has 0 saturated carbocycles. The third kappa shape index (κ3) is 4.35. The monoisotopic (exact) mass is 464 g/mol. The normalized spacial score (nSPS) is 16.7. The Balaban J connectivity index is 0.00000288. The van der Waals surface area contributed by atoms with Crippen LogP contribution in [0.1, 0.15) is 25.5 Å². The van der Waals surface area contributed by atoms with E-state index in [4.69, 9.17) is 9.47 Å². The second kappa shape index (κ2) is 9.16. The van der Waals surface area contributed by atoms with Gasteiger partial charge in [-0.15, -0.1) is 0 Å². The minimum absolute atomic E-state index is 0. The van der Waals surface area contributed by atoms with Gasteiger partial charge in [-0.2, -0.15) is 0 Å². The van der Waals surface area contributed by atoms with Crippen LogP contribution in [0.25, 0.3) is 0 Å². The van der Waals surface area contributed by atoms with Crippen LogP contribution in [0.4, 0.5) is 0 Å². The van der Waals surface area contributed by atoms with Crippen LogP contribution >= 0.6 is 11.8 Å². The number of carbonyl (C=O) groups is 1. The van der Waals surface area contributed by atoms with Crippen LogP contribution in [0.2, 0.25) is 0 Å². The lowest BCUT2D eigenvalue weighted by molar-refractivity contribution is -0.498. The van der Waals surface area contributed by atoms with Gasteiger partial charge in [0, 0.05) is 5.56 Å². The van der Waals surface area contributed by atoms with E-state index in [2.05, 4.69) is 10.3 Å². The summed E-state index contributed by atoms with van der Waals surface area (Å²) in [6.45, 7) is 3.92. The van der Waals surface area contributed by atoms with Crippen molar-refractivity contribution in [1.29, 1.82) is 0 Å². The van der Waals surface area contributed by atoms with Gasteiger partial charge in [0.2, 0.25) is 0 Å². The number of ether oxygens (including phenoxy) is 2. The molecule has 1 aliphatic rings. The van der Waals surface area contributed by atoms with Gasteiger partial charge in [-0.05, 0) is 44.0 Å². The predicted octanol–water partition coefficient (Wildman–Crippen LogP) is -2.31. The lowest BCUT2D eigenvalue weighted by Gasteiger charge is -2.21. The molecule has 1 aromatic carbocycles. The lowest BCUT2D eigenvalue weighted by atomic mass is 9.96. The molecule has 0 amide bonds. The van der Waals surface area contributed by atoms with Crippen molar-refractivity contribution in [3.63, 3.8) is 0 Å². The van der Waals surface area contributed by atoms with E-state index in [9.17, 15) is 9.90 Å². The average molecular weight is 464 g/mol. The smallest absolute Gasteiger partial charge is 0.342 e. The molecule has 1 atom stereocenters. The zero-order valence-corrected chi connectivity index (χ0v) is 16.9. The van der Waals surface area contributed by atoms with Gasteiger partial charge >= 0.3 is 11.1 Å². The molecule has 0 radical (unpaired) electrons. The molecule has 2 rings (SSSR count). The molecule has 6 nitrogen and oxygen atoms in total. The second-order valence-electron chi connectivity index (χ2n) is 4.93. The molecule has 0 saturated heterocycles. The Bertz CT molecular complexity index is 676.